The SMILES string of the molecule is CCNC(=O)CN(CC)c1nc(NCC)nc2sccc12. The van der Waals surface area contributed by atoms with E-state index in [0.717, 1.165) is 22.6 Å². The van der Waals surface area contributed by atoms with E-state index < -0.39 is 0 Å². The van der Waals surface area contributed by atoms with Crippen molar-refractivity contribution in [3.05, 3.63) is 11.4 Å². The first-order valence-corrected chi connectivity index (χ1v) is 8.08. The lowest BCUT2D eigenvalue weighted by Gasteiger charge is -2.22. The Morgan fingerprint density at radius 1 is 1.29 bits per heavy atom. The first-order chi connectivity index (χ1) is 10.2. The molecule has 2 rings (SSSR count). The molecule has 2 aromatic rings. The maximum absolute atomic E-state index is 11.9. The summed E-state index contributed by atoms with van der Waals surface area (Å²) < 4.78 is 0. The van der Waals surface area contributed by atoms with E-state index in [9.17, 15) is 4.79 Å². The third-order valence-electron chi connectivity index (χ3n) is 3.03. The number of rotatable bonds is 7. The second kappa shape index (κ2) is 7.21. The number of hydrogen-bond donors (Lipinski definition) is 2. The highest BCUT2D eigenvalue weighted by atomic mass is 32.1. The lowest BCUT2D eigenvalue weighted by atomic mass is 10.3. The number of thiophene rings is 1. The average molecular weight is 307 g/mol. The molecule has 2 N–H and O–H groups in total. The minimum Gasteiger partial charge on any atom is -0.355 e. The molecule has 0 aliphatic heterocycles. The van der Waals surface area contributed by atoms with Crippen molar-refractivity contribution < 1.29 is 4.79 Å². The van der Waals surface area contributed by atoms with Crippen LogP contribution in [0, 0.1) is 0 Å². The molecule has 7 heteroatoms. The van der Waals surface area contributed by atoms with E-state index in [1.54, 1.807) is 11.3 Å². The predicted molar refractivity (Wildman–Crippen MR) is 88.1 cm³/mol. The molecule has 114 valence electrons. The number of anilines is 2. The highest BCUT2D eigenvalue weighted by molar-refractivity contribution is 7.16. The number of fused-ring (bicyclic) bond motifs is 1. The molecule has 21 heavy (non-hydrogen) atoms. The smallest absolute Gasteiger partial charge is 0.239 e. The Bertz CT molecular complexity index is 612. The molecule has 0 aliphatic rings. The zero-order valence-corrected chi connectivity index (χ0v) is 13.5. The maximum Gasteiger partial charge on any atom is 0.239 e. The molecule has 0 atom stereocenters. The van der Waals surface area contributed by atoms with Crippen molar-refractivity contribution in [2.24, 2.45) is 0 Å². The molecule has 0 spiro atoms. The molecule has 2 aromatic heterocycles. The third-order valence-corrected chi connectivity index (χ3v) is 3.84. The van der Waals surface area contributed by atoms with Crippen LogP contribution in [0.5, 0.6) is 0 Å². The van der Waals surface area contributed by atoms with Crippen molar-refractivity contribution in [3.63, 3.8) is 0 Å². The van der Waals surface area contributed by atoms with Crippen LogP contribution in [-0.2, 0) is 4.79 Å². The number of carbonyl (C=O) groups is 1. The van der Waals surface area contributed by atoms with Crippen LogP contribution in [0.2, 0.25) is 0 Å². The van der Waals surface area contributed by atoms with Crippen molar-refractivity contribution in [2.45, 2.75) is 20.8 Å². The van der Waals surface area contributed by atoms with Gasteiger partial charge in [-0.25, -0.2) is 4.98 Å². The average Bonchev–Trinajstić information content (AvgIpc) is 2.93. The van der Waals surface area contributed by atoms with Gasteiger partial charge in [-0.2, -0.15) is 4.98 Å². The van der Waals surface area contributed by atoms with Crippen LogP contribution in [0.4, 0.5) is 11.8 Å². The van der Waals surface area contributed by atoms with Gasteiger partial charge >= 0.3 is 0 Å². The molecule has 0 bridgehead atoms. The Morgan fingerprint density at radius 2 is 2.10 bits per heavy atom. The summed E-state index contributed by atoms with van der Waals surface area (Å²) in [6.07, 6.45) is 0. The normalized spacial score (nSPS) is 10.6. The molecule has 1 amide bonds. The fourth-order valence-electron chi connectivity index (χ4n) is 2.08. The quantitative estimate of drug-likeness (QED) is 0.819. The molecule has 0 aromatic carbocycles. The molecule has 0 saturated heterocycles. The maximum atomic E-state index is 11.9. The summed E-state index contributed by atoms with van der Waals surface area (Å²) in [5, 5.41) is 8.96. The number of nitrogens with zero attached hydrogens (tertiary/aromatic N) is 3. The van der Waals surface area contributed by atoms with Gasteiger partial charge in [0.1, 0.15) is 10.6 Å². The molecule has 0 unspecified atom stereocenters. The summed E-state index contributed by atoms with van der Waals surface area (Å²) in [5.74, 6) is 1.43. The van der Waals surface area contributed by atoms with Gasteiger partial charge in [0.05, 0.1) is 11.9 Å². The second-order valence-electron chi connectivity index (χ2n) is 4.51. The summed E-state index contributed by atoms with van der Waals surface area (Å²) in [6, 6.07) is 2.01. The summed E-state index contributed by atoms with van der Waals surface area (Å²) >= 11 is 1.58. The van der Waals surface area contributed by atoms with Gasteiger partial charge in [-0.05, 0) is 32.2 Å². The third kappa shape index (κ3) is 3.60. The molecule has 0 radical (unpaired) electrons. The highest BCUT2D eigenvalue weighted by Gasteiger charge is 2.16. The number of likely N-dealkylation sites (N-methyl/N-ethyl adjacent to an activating group) is 2. The van der Waals surface area contributed by atoms with Crippen molar-refractivity contribution in [2.75, 3.05) is 36.4 Å². The van der Waals surface area contributed by atoms with Crippen LogP contribution in [0.25, 0.3) is 10.2 Å². The summed E-state index contributed by atoms with van der Waals surface area (Å²) in [4.78, 5) is 23.8. The van der Waals surface area contributed by atoms with E-state index in [-0.39, 0.29) is 5.91 Å². The van der Waals surface area contributed by atoms with Gasteiger partial charge in [-0.1, -0.05) is 0 Å². The minimum atomic E-state index is 0.00587. The molecule has 0 saturated carbocycles. The van der Waals surface area contributed by atoms with E-state index in [0.29, 0.717) is 25.6 Å². The van der Waals surface area contributed by atoms with Gasteiger partial charge in [-0.3, -0.25) is 4.79 Å². The van der Waals surface area contributed by atoms with Crippen LogP contribution in [0.1, 0.15) is 20.8 Å². The zero-order valence-electron chi connectivity index (χ0n) is 12.6. The molecular formula is C14H21N5OS. The van der Waals surface area contributed by atoms with Gasteiger partial charge < -0.3 is 15.5 Å². The second-order valence-corrected chi connectivity index (χ2v) is 5.40. The Hall–Kier alpha value is -1.89. The van der Waals surface area contributed by atoms with Gasteiger partial charge in [-0.15, -0.1) is 11.3 Å². The van der Waals surface area contributed by atoms with Crippen LogP contribution >= 0.6 is 11.3 Å². The van der Waals surface area contributed by atoms with E-state index in [1.165, 1.54) is 0 Å². The van der Waals surface area contributed by atoms with Gasteiger partial charge in [0.15, 0.2) is 0 Å². The lowest BCUT2D eigenvalue weighted by molar-refractivity contribution is -0.119. The van der Waals surface area contributed by atoms with Crippen LogP contribution in [-0.4, -0.2) is 42.1 Å². The Morgan fingerprint density at radius 3 is 2.76 bits per heavy atom. The van der Waals surface area contributed by atoms with E-state index in [4.69, 9.17) is 0 Å². The van der Waals surface area contributed by atoms with E-state index >= 15 is 0 Å². The fourth-order valence-corrected chi connectivity index (χ4v) is 2.84. The molecule has 2 heterocycles. The van der Waals surface area contributed by atoms with Gasteiger partial charge in [0.2, 0.25) is 11.9 Å². The Balaban J connectivity index is 2.36. The Kier molecular flexibility index (Phi) is 5.32. The summed E-state index contributed by atoms with van der Waals surface area (Å²) in [7, 11) is 0. The van der Waals surface area contributed by atoms with Crippen molar-refractivity contribution >= 4 is 39.2 Å². The van der Waals surface area contributed by atoms with Gasteiger partial charge in [0.25, 0.3) is 0 Å². The monoisotopic (exact) mass is 307 g/mol. The largest absolute Gasteiger partial charge is 0.355 e. The van der Waals surface area contributed by atoms with Crippen LogP contribution in [0.15, 0.2) is 11.4 Å². The predicted octanol–water partition coefficient (Wildman–Crippen LogP) is 2.09. The first-order valence-electron chi connectivity index (χ1n) is 7.20. The van der Waals surface area contributed by atoms with Crippen molar-refractivity contribution in [1.82, 2.24) is 15.3 Å². The van der Waals surface area contributed by atoms with Crippen molar-refractivity contribution in [3.8, 4) is 0 Å². The number of nitrogens with one attached hydrogen (secondary N) is 2. The number of aromatic nitrogens is 2. The summed E-state index contributed by atoms with van der Waals surface area (Å²) in [5.41, 5.74) is 0. The fraction of sp³-hybridized carbons (Fsp3) is 0.500. The van der Waals surface area contributed by atoms with E-state index in [1.807, 2.05) is 37.1 Å². The molecule has 0 fully saturated rings. The molecule has 6 nitrogen and oxygen atoms in total. The number of hydrogen-bond acceptors (Lipinski definition) is 6. The first kappa shape index (κ1) is 15.5. The molecule has 0 aliphatic carbocycles. The van der Waals surface area contributed by atoms with Gasteiger partial charge in [0, 0.05) is 19.6 Å². The Labute approximate surface area is 128 Å². The summed E-state index contributed by atoms with van der Waals surface area (Å²) in [6.45, 7) is 8.36. The topological polar surface area (TPSA) is 70.2 Å². The lowest BCUT2D eigenvalue weighted by Crippen LogP contribution is -2.37. The number of carbonyl (C=O) groups excluding carboxylic acids is 1. The van der Waals surface area contributed by atoms with Crippen molar-refractivity contribution in [1.29, 1.82) is 0 Å². The minimum absolute atomic E-state index is 0.00587. The number of amides is 1. The molecular weight excluding hydrogens is 286 g/mol. The van der Waals surface area contributed by atoms with Crippen LogP contribution < -0.4 is 15.5 Å². The highest BCUT2D eigenvalue weighted by Crippen LogP contribution is 2.28. The van der Waals surface area contributed by atoms with Crippen LogP contribution in [0.3, 0.4) is 0 Å². The standard InChI is InChI=1S/C14H21N5OS/c1-4-15-11(20)9-19(6-3)12-10-7-8-21-13(10)18-14(17-12)16-5-2/h7-8H,4-6,9H2,1-3H3,(H,15,20)(H,16,17,18). The zero-order chi connectivity index (χ0) is 15.2. The van der Waals surface area contributed by atoms with E-state index in [2.05, 4.69) is 20.6 Å².